The van der Waals surface area contributed by atoms with Crippen LogP contribution in [0.2, 0.25) is 0 Å². The van der Waals surface area contributed by atoms with Gasteiger partial charge in [0.05, 0.1) is 11.0 Å². The molecule has 1 aliphatic heterocycles. The third kappa shape index (κ3) is 3.09. The maximum absolute atomic E-state index is 13.5. The smallest absolute Gasteiger partial charge is 0.154 e. The van der Waals surface area contributed by atoms with E-state index in [-0.39, 0.29) is 16.8 Å². The van der Waals surface area contributed by atoms with Gasteiger partial charge in [-0.3, -0.25) is 0 Å². The second-order valence-electron chi connectivity index (χ2n) is 4.86. The minimum absolute atomic E-state index is 0.248. The van der Waals surface area contributed by atoms with Crippen molar-refractivity contribution in [2.75, 3.05) is 12.3 Å². The predicted octanol–water partition coefficient (Wildman–Crippen LogP) is 1.80. The van der Waals surface area contributed by atoms with Crippen LogP contribution in [0.1, 0.15) is 24.0 Å². The van der Waals surface area contributed by atoms with Gasteiger partial charge >= 0.3 is 0 Å². The lowest BCUT2D eigenvalue weighted by Gasteiger charge is -2.11. The monoisotopic (exact) mass is 271 g/mol. The molecule has 1 heterocycles. The van der Waals surface area contributed by atoms with E-state index in [9.17, 15) is 12.8 Å². The van der Waals surface area contributed by atoms with E-state index in [4.69, 9.17) is 0 Å². The van der Waals surface area contributed by atoms with Gasteiger partial charge in [-0.05, 0) is 25.8 Å². The molecule has 1 aromatic rings. The second kappa shape index (κ2) is 5.36. The van der Waals surface area contributed by atoms with Crippen molar-refractivity contribution in [2.45, 2.75) is 31.6 Å². The van der Waals surface area contributed by atoms with Crippen molar-refractivity contribution >= 4 is 9.84 Å². The number of aryl methyl sites for hydroxylation is 1. The van der Waals surface area contributed by atoms with Crippen molar-refractivity contribution in [3.8, 4) is 0 Å². The number of benzene rings is 1. The molecule has 2 rings (SSSR count). The third-order valence-electron chi connectivity index (χ3n) is 3.35. The van der Waals surface area contributed by atoms with Crippen molar-refractivity contribution in [3.63, 3.8) is 0 Å². The van der Waals surface area contributed by atoms with Crippen LogP contribution in [0, 0.1) is 12.7 Å². The molecule has 100 valence electrons. The first-order valence-corrected chi connectivity index (χ1v) is 7.88. The molecule has 0 radical (unpaired) electrons. The van der Waals surface area contributed by atoms with Crippen molar-refractivity contribution in [2.24, 2.45) is 0 Å². The molecule has 0 saturated carbocycles. The minimum Gasteiger partial charge on any atom is -0.311 e. The molecule has 0 amide bonds. The Labute approximate surface area is 107 Å². The molecule has 0 aliphatic carbocycles. The summed E-state index contributed by atoms with van der Waals surface area (Å²) in [5.41, 5.74) is 1.59. The van der Waals surface area contributed by atoms with Gasteiger partial charge in [-0.2, -0.15) is 0 Å². The number of hydrogen-bond donors (Lipinski definition) is 1. The van der Waals surface area contributed by atoms with Crippen LogP contribution in [0.4, 0.5) is 4.39 Å². The summed E-state index contributed by atoms with van der Waals surface area (Å²) in [6.07, 6.45) is 1.46. The number of halogens is 1. The van der Waals surface area contributed by atoms with Crippen LogP contribution in [0.25, 0.3) is 0 Å². The molecule has 3 nitrogen and oxygen atoms in total. The summed E-state index contributed by atoms with van der Waals surface area (Å²) in [4.78, 5) is 0. The lowest BCUT2D eigenvalue weighted by atomic mass is 10.1. The topological polar surface area (TPSA) is 46.2 Å². The van der Waals surface area contributed by atoms with Gasteiger partial charge in [0.25, 0.3) is 0 Å². The van der Waals surface area contributed by atoms with Gasteiger partial charge in [0.2, 0.25) is 0 Å². The standard InChI is InChI=1S/C13H18FNO2S/c1-10-4-5-13(14)11(7-10)8-15-9-12-3-2-6-18(12,16)17/h4-5,7,12,15H,2-3,6,8-9H2,1H3. The first kappa shape index (κ1) is 13.5. The highest BCUT2D eigenvalue weighted by Crippen LogP contribution is 2.19. The predicted molar refractivity (Wildman–Crippen MR) is 69.7 cm³/mol. The lowest BCUT2D eigenvalue weighted by Crippen LogP contribution is -2.30. The van der Waals surface area contributed by atoms with Crippen LogP contribution in [0.3, 0.4) is 0 Å². The van der Waals surface area contributed by atoms with E-state index in [1.807, 2.05) is 6.92 Å². The highest BCUT2D eigenvalue weighted by Gasteiger charge is 2.30. The zero-order valence-electron chi connectivity index (χ0n) is 10.4. The van der Waals surface area contributed by atoms with E-state index in [0.29, 0.717) is 25.1 Å². The first-order valence-electron chi connectivity index (χ1n) is 6.16. The van der Waals surface area contributed by atoms with Gasteiger partial charge in [-0.1, -0.05) is 17.7 Å². The van der Waals surface area contributed by atoms with E-state index in [2.05, 4.69) is 5.32 Å². The number of rotatable bonds is 4. The van der Waals surface area contributed by atoms with Crippen molar-refractivity contribution in [1.82, 2.24) is 5.32 Å². The van der Waals surface area contributed by atoms with Crippen LogP contribution < -0.4 is 5.32 Å². The maximum Gasteiger partial charge on any atom is 0.154 e. The maximum atomic E-state index is 13.5. The zero-order valence-corrected chi connectivity index (χ0v) is 11.3. The molecule has 1 atom stereocenters. The normalized spacial score (nSPS) is 22.2. The van der Waals surface area contributed by atoms with E-state index >= 15 is 0 Å². The molecule has 1 saturated heterocycles. The molecule has 0 bridgehead atoms. The minimum atomic E-state index is -2.92. The van der Waals surface area contributed by atoms with Crippen molar-refractivity contribution in [3.05, 3.63) is 35.1 Å². The molecule has 0 aromatic heterocycles. The Bertz CT molecular complexity index is 528. The average molecular weight is 271 g/mol. The molecule has 1 fully saturated rings. The quantitative estimate of drug-likeness (QED) is 0.908. The molecule has 1 aliphatic rings. The Kier molecular flexibility index (Phi) is 4.02. The van der Waals surface area contributed by atoms with Crippen LogP contribution in [-0.4, -0.2) is 26.0 Å². The van der Waals surface area contributed by atoms with Gasteiger partial charge in [0, 0.05) is 18.7 Å². The van der Waals surface area contributed by atoms with Gasteiger partial charge in [0.1, 0.15) is 5.82 Å². The largest absolute Gasteiger partial charge is 0.311 e. The van der Waals surface area contributed by atoms with E-state index < -0.39 is 9.84 Å². The van der Waals surface area contributed by atoms with E-state index in [0.717, 1.165) is 12.0 Å². The summed E-state index contributed by atoms with van der Waals surface area (Å²) in [7, 11) is -2.92. The Hall–Kier alpha value is -0.940. The summed E-state index contributed by atoms with van der Waals surface area (Å²) in [6.45, 7) is 2.69. The summed E-state index contributed by atoms with van der Waals surface area (Å²) in [6, 6.07) is 4.95. The molecule has 0 spiro atoms. The molecule has 5 heteroatoms. The van der Waals surface area contributed by atoms with Crippen molar-refractivity contribution < 1.29 is 12.8 Å². The molecule has 18 heavy (non-hydrogen) atoms. The molecule has 1 aromatic carbocycles. The molecular weight excluding hydrogens is 253 g/mol. The number of hydrogen-bond acceptors (Lipinski definition) is 3. The first-order chi connectivity index (χ1) is 8.49. The van der Waals surface area contributed by atoms with Crippen LogP contribution in [-0.2, 0) is 16.4 Å². The number of nitrogens with one attached hydrogen (secondary N) is 1. The fourth-order valence-corrected chi connectivity index (χ4v) is 4.09. The van der Waals surface area contributed by atoms with E-state index in [1.165, 1.54) is 6.07 Å². The summed E-state index contributed by atoms with van der Waals surface area (Å²) in [5.74, 6) is 0.0420. The molecular formula is C13H18FNO2S. The Balaban J connectivity index is 1.91. The van der Waals surface area contributed by atoms with E-state index in [1.54, 1.807) is 12.1 Å². The van der Waals surface area contributed by atoms with Crippen LogP contribution in [0.15, 0.2) is 18.2 Å². The fourth-order valence-electron chi connectivity index (χ4n) is 2.29. The molecule has 1 unspecified atom stereocenters. The third-order valence-corrected chi connectivity index (χ3v) is 5.63. The number of sulfone groups is 1. The summed E-state index contributed by atoms with van der Waals surface area (Å²) < 4.78 is 36.7. The van der Waals surface area contributed by atoms with Gasteiger partial charge in [-0.15, -0.1) is 0 Å². The van der Waals surface area contributed by atoms with Gasteiger partial charge < -0.3 is 5.32 Å². The lowest BCUT2D eigenvalue weighted by molar-refractivity contribution is 0.562. The summed E-state index contributed by atoms with van der Waals surface area (Å²) >= 11 is 0. The second-order valence-corrected chi connectivity index (χ2v) is 7.26. The average Bonchev–Trinajstić information content (AvgIpc) is 2.63. The SMILES string of the molecule is Cc1ccc(F)c(CNCC2CCCS2(=O)=O)c1. The van der Waals surface area contributed by atoms with Gasteiger partial charge in [-0.25, -0.2) is 12.8 Å². The van der Waals surface area contributed by atoms with Gasteiger partial charge in [0.15, 0.2) is 9.84 Å². The Morgan fingerprint density at radius 3 is 2.89 bits per heavy atom. The Morgan fingerprint density at radius 2 is 2.22 bits per heavy atom. The van der Waals surface area contributed by atoms with Crippen LogP contribution >= 0.6 is 0 Å². The summed E-state index contributed by atoms with van der Waals surface area (Å²) in [5, 5.41) is 2.75. The van der Waals surface area contributed by atoms with Crippen LogP contribution in [0.5, 0.6) is 0 Å². The molecule has 1 N–H and O–H groups in total. The highest BCUT2D eigenvalue weighted by molar-refractivity contribution is 7.92. The zero-order chi connectivity index (χ0) is 13.2. The Morgan fingerprint density at radius 1 is 1.44 bits per heavy atom. The highest BCUT2D eigenvalue weighted by atomic mass is 32.2. The van der Waals surface area contributed by atoms with Crippen molar-refractivity contribution in [1.29, 1.82) is 0 Å². The fraction of sp³-hybridized carbons (Fsp3) is 0.538.